The van der Waals surface area contributed by atoms with Crippen molar-refractivity contribution >= 4 is 56.4 Å². The second-order valence-electron chi connectivity index (χ2n) is 6.76. The van der Waals surface area contributed by atoms with Gasteiger partial charge in [0.25, 0.3) is 0 Å². The summed E-state index contributed by atoms with van der Waals surface area (Å²) in [5.74, 6) is -0.446. The Morgan fingerprint density at radius 2 is 1.59 bits per heavy atom. The Kier molecular flexibility index (Phi) is 8.03. The zero-order chi connectivity index (χ0) is 23.3. The minimum Gasteiger partial charge on any atom is -0.495 e. The lowest BCUT2D eigenvalue weighted by molar-refractivity contribution is -0.116. The fourth-order valence-corrected chi connectivity index (χ4v) is 5.32. The topological polar surface area (TPSA) is 75.7 Å². The second kappa shape index (κ2) is 10.6. The van der Waals surface area contributed by atoms with Crippen molar-refractivity contribution in [3.05, 3.63) is 87.4 Å². The largest absolute Gasteiger partial charge is 0.495 e. The third-order valence-corrected chi connectivity index (χ3v) is 6.90. The van der Waals surface area contributed by atoms with Crippen LogP contribution in [0.25, 0.3) is 0 Å². The first kappa shape index (κ1) is 24.4. The number of rotatable bonds is 8. The molecule has 1 N–H and O–H groups in total. The maximum absolute atomic E-state index is 13.5. The fraction of sp³-hybridized carbons (Fsp3) is 0.136. The van der Waals surface area contributed by atoms with E-state index in [-0.39, 0.29) is 22.2 Å². The highest BCUT2D eigenvalue weighted by atomic mass is 35.5. The van der Waals surface area contributed by atoms with E-state index in [1.807, 2.05) is 6.07 Å². The third kappa shape index (κ3) is 6.15. The van der Waals surface area contributed by atoms with E-state index >= 15 is 0 Å². The molecule has 6 nitrogen and oxygen atoms in total. The van der Waals surface area contributed by atoms with Crippen molar-refractivity contribution in [2.24, 2.45) is 0 Å². The number of benzene rings is 3. The highest BCUT2D eigenvalue weighted by molar-refractivity contribution is 7.89. The molecular formula is C22H19Cl3N2O4S. The van der Waals surface area contributed by atoms with Crippen LogP contribution < -0.4 is 10.1 Å². The first-order valence-electron chi connectivity index (χ1n) is 9.32. The summed E-state index contributed by atoms with van der Waals surface area (Å²) in [6.07, 6.45) is 0. The second-order valence-corrected chi connectivity index (χ2v) is 9.98. The molecule has 1 amide bonds. The molecule has 0 fully saturated rings. The van der Waals surface area contributed by atoms with Crippen LogP contribution in [0, 0.1) is 0 Å². The van der Waals surface area contributed by atoms with E-state index in [2.05, 4.69) is 5.32 Å². The van der Waals surface area contributed by atoms with Crippen LogP contribution in [0.1, 0.15) is 5.56 Å². The van der Waals surface area contributed by atoms with Crippen LogP contribution in [0.4, 0.5) is 5.69 Å². The Balaban J connectivity index is 1.94. The zero-order valence-corrected chi connectivity index (χ0v) is 20.0. The van der Waals surface area contributed by atoms with Crippen molar-refractivity contribution in [1.29, 1.82) is 0 Å². The minimum atomic E-state index is -4.16. The number of carbonyl (C=O) groups excluding carboxylic acids is 1. The van der Waals surface area contributed by atoms with E-state index < -0.39 is 22.5 Å². The van der Waals surface area contributed by atoms with Crippen LogP contribution in [0.2, 0.25) is 15.1 Å². The predicted molar refractivity (Wildman–Crippen MR) is 127 cm³/mol. The van der Waals surface area contributed by atoms with Crippen molar-refractivity contribution < 1.29 is 17.9 Å². The van der Waals surface area contributed by atoms with Gasteiger partial charge in [0.2, 0.25) is 15.9 Å². The Hall–Kier alpha value is -2.29. The molecule has 0 atom stereocenters. The van der Waals surface area contributed by atoms with Gasteiger partial charge in [-0.1, -0.05) is 65.1 Å². The number of carbonyl (C=O) groups is 1. The molecule has 0 unspecified atom stereocenters. The summed E-state index contributed by atoms with van der Waals surface area (Å²) in [7, 11) is -2.80. The molecule has 3 rings (SSSR count). The first-order valence-corrected chi connectivity index (χ1v) is 11.9. The summed E-state index contributed by atoms with van der Waals surface area (Å²) in [5.41, 5.74) is 1.06. The number of nitrogens with one attached hydrogen (secondary N) is 1. The van der Waals surface area contributed by atoms with Crippen LogP contribution in [-0.4, -0.2) is 32.3 Å². The number of amides is 1. The van der Waals surface area contributed by atoms with E-state index in [0.717, 1.165) is 4.31 Å². The summed E-state index contributed by atoms with van der Waals surface area (Å²) in [5, 5.41) is 3.53. The quantitative estimate of drug-likeness (QED) is 0.432. The standard InChI is InChI=1S/C22H19Cl3N2O4S/c1-31-20-8-7-16(23)12-21(20)32(29,30)27(13-15-5-3-2-4-6-15)14-22(28)26-19-10-17(24)9-18(25)11-19/h2-12H,13-14H2,1H3,(H,26,28). The third-order valence-electron chi connectivity index (χ3n) is 4.41. The van der Waals surface area contributed by atoms with Gasteiger partial charge < -0.3 is 10.1 Å². The predicted octanol–water partition coefficient (Wildman–Crippen LogP) is 5.49. The van der Waals surface area contributed by atoms with Crippen LogP contribution >= 0.6 is 34.8 Å². The van der Waals surface area contributed by atoms with E-state index in [9.17, 15) is 13.2 Å². The molecule has 0 saturated carbocycles. The lowest BCUT2D eigenvalue weighted by atomic mass is 10.2. The average molecular weight is 514 g/mol. The summed E-state index contributed by atoms with van der Waals surface area (Å²) in [6.45, 7) is -0.500. The molecule has 0 heterocycles. The van der Waals surface area contributed by atoms with Crippen molar-refractivity contribution in [2.45, 2.75) is 11.4 Å². The van der Waals surface area contributed by atoms with Crippen LogP contribution in [0.15, 0.2) is 71.6 Å². The van der Waals surface area contributed by atoms with Gasteiger partial charge in [-0.2, -0.15) is 4.31 Å². The molecule has 3 aromatic carbocycles. The number of anilines is 1. The van der Waals surface area contributed by atoms with Gasteiger partial charge in [0.15, 0.2) is 0 Å². The van der Waals surface area contributed by atoms with E-state index in [1.54, 1.807) is 24.3 Å². The minimum absolute atomic E-state index is 0.0391. The van der Waals surface area contributed by atoms with Gasteiger partial charge in [0, 0.05) is 27.3 Å². The van der Waals surface area contributed by atoms with Gasteiger partial charge in [-0.15, -0.1) is 0 Å². The Morgan fingerprint density at radius 1 is 0.938 bits per heavy atom. The number of methoxy groups -OCH3 is 1. The van der Waals surface area contributed by atoms with Gasteiger partial charge in [-0.25, -0.2) is 8.42 Å². The molecule has 0 spiro atoms. The molecule has 32 heavy (non-hydrogen) atoms. The molecule has 168 valence electrons. The Morgan fingerprint density at radius 3 is 2.22 bits per heavy atom. The van der Waals surface area contributed by atoms with Gasteiger partial charge in [-0.3, -0.25) is 4.79 Å². The summed E-state index contributed by atoms with van der Waals surface area (Å²) in [6, 6.07) is 17.8. The number of hydrogen-bond acceptors (Lipinski definition) is 4. The molecule has 0 aromatic heterocycles. The molecule has 3 aromatic rings. The zero-order valence-electron chi connectivity index (χ0n) is 16.9. The van der Waals surface area contributed by atoms with Crippen LogP contribution in [0.3, 0.4) is 0 Å². The molecule has 0 aliphatic rings. The van der Waals surface area contributed by atoms with Crippen molar-refractivity contribution in [3.8, 4) is 5.75 Å². The highest BCUT2D eigenvalue weighted by Crippen LogP contribution is 2.30. The van der Waals surface area contributed by atoms with Gasteiger partial charge in [-0.05, 0) is 42.0 Å². The van der Waals surface area contributed by atoms with Crippen molar-refractivity contribution in [2.75, 3.05) is 19.0 Å². The van der Waals surface area contributed by atoms with Gasteiger partial charge in [0.1, 0.15) is 10.6 Å². The number of sulfonamides is 1. The monoisotopic (exact) mass is 512 g/mol. The summed E-state index contributed by atoms with van der Waals surface area (Å²) >= 11 is 18.0. The van der Waals surface area contributed by atoms with Crippen molar-refractivity contribution in [3.63, 3.8) is 0 Å². The van der Waals surface area contributed by atoms with Crippen LogP contribution in [0.5, 0.6) is 5.75 Å². The summed E-state index contributed by atoms with van der Waals surface area (Å²) < 4.78 is 33.3. The Labute approximate surface area is 201 Å². The van der Waals surface area contributed by atoms with Crippen molar-refractivity contribution in [1.82, 2.24) is 4.31 Å². The molecule has 0 aliphatic carbocycles. The average Bonchev–Trinajstić information content (AvgIpc) is 2.73. The smallest absolute Gasteiger partial charge is 0.247 e. The molecule has 10 heteroatoms. The molecule has 0 saturated heterocycles. The number of hydrogen-bond donors (Lipinski definition) is 1. The maximum atomic E-state index is 13.5. The SMILES string of the molecule is COc1ccc(Cl)cc1S(=O)(=O)N(CC(=O)Nc1cc(Cl)cc(Cl)c1)Cc1ccccc1. The van der Waals surface area contributed by atoms with Gasteiger partial charge in [0.05, 0.1) is 13.7 Å². The maximum Gasteiger partial charge on any atom is 0.247 e. The normalized spacial score (nSPS) is 11.4. The van der Waals surface area contributed by atoms with Crippen LogP contribution in [-0.2, 0) is 21.4 Å². The first-order chi connectivity index (χ1) is 15.2. The van der Waals surface area contributed by atoms with E-state index in [0.29, 0.717) is 21.3 Å². The number of ether oxygens (including phenoxy) is 1. The number of nitrogens with zero attached hydrogens (tertiary/aromatic N) is 1. The summed E-state index contributed by atoms with van der Waals surface area (Å²) in [4.78, 5) is 12.6. The molecule has 0 bridgehead atoms. The molecule has 0 radical (unpaired) electrons. The van der Waals surface area contributed by atoms with E-state index in [1.165, 1.54) is 43.5 Å². The highest BCUT2D eigenvalue weighted by Gasteiger charge is 2.30. The molecular weight excluding hydrogens is 495 g/mol. The van der Waals surface area contributed by atoms with Gasteiger partial charge >= 0.3 is 0 Å². The van der Waals surface area contributed by atoms with E-state index in [4.69, 9.17) is 39.5 Å². The Bertz CT molecular complexity index is 1200. The number of halogens is 3. The fourth-order valence-electron chi connectivity index (χ4n) is 2.99. The lowest BCUT2D eigenvalue weighted by Gasteiger charge is -2.23. The lowest BCUT2D eigenvalue weighted by Crippen LogP contribution is -2.37. The molecule has 0 aliphatic heterocycles.